The van der Waals surface area contributed by atoms with E-state index in [1.54, 1.807) is 30.3 Å². The summed E-state index contributed by atoms with van der Waals surface area (Å²) in [4.78, 5) is 38.4. The van der Waals surface area contributed by atoms with Crippen LogP contribution >= 0.6 is 11.8 Å². The van der Waals surface area contributed by atoms with Gasteiger partial charge < -0.3 is 19.5 Å². The number of nitrogens with one attached hydrogen (secondary N) is 1. The molecule has 178 valence electrons. The van der Waals surface area contributed by atoms with Gasteiger partial charge in [0.15, 0.2) is 11.5 Å². The summed E-state index contributed by atoms with van der Waals surface area (Å²) >= 11 is 0.809. The quantitative estimate of drug-likeness (QED) is 0.540. The van der Waals surface area contributed by atoms with Gasteiger partial charge in [0.2, 0.25) is 11.7 Å². The Hall–Kier alpha value is -3.79. The van der Waals surface area contributed by atoms with Crippen LogP contribution in [0.25, 0.3) is 12.2 Å². The maximum absolute atomic E-state index is 12.9. The Balaban J connectivity index is 1.62. The third-order valence-corrected chi connectivity index (χ3v) is 5.70. The minimum atomic E-state index is -0.458. The fourth-order valence-electron chi connectivity index (χ4n) is 3.12. The van der Waals surface area contributed by atoms with Crippen LogP contribution in [0.1, 0.15) is 11.1 Å². The summed E-state index contributed by atoms with van der Waals surface area (Å²) in [6.45, 7) is 0.107. The molecule has 0 unspecified atom stereocenters. The van der Waals surface area contributed by atoms with E-state index in [0.717, 1.165) is 16.7 Å². The average molecular weight is 487 g/mol. The molecule has 0 spiro atoms. The zero-order valence-electron chi connectivity index (χ0n) is 18.8. The summed E-state index contributed by atoms with van der Waals surface area (Å²) in [5.41, 5.74) is 1.26. The first-order chi connectivity index (χ1) is 16.4. The molecule has 3 rings (SSSR count). The Morgan fingerprint density at radius 1 is 1.03 bits per heavy atom. The van der Waals surface area contributed by atoms with Gasteiger partial charge in [-0.2, -0.15) is 0 Å². The van der Waals surface area contributed by atoms with Crippen LogP contribution in [-0.4, -0.2) is 56.4 Å². The lowest BCUT2D eigenvalue weighted by atomic mass is 10.1. The number of methoxy groups -OCH3 is 3. The maximum Gasteiger partial charge on any atom is 0.293 e. The Morgan fingerprint density at radius 2 is 1.68 bits per heavy atom. The number of amides is 3. The highest BCUT2D eigenvalue weighted by Gasteiger charge is 2.34. The molecular formula is C24H23FN2O6S. The van der Waals surface area contributed by atoms with Gasteiger partial charge in [0, 0.05) is 19.2 Å². The fourth-order valence-corrected chi connectivity index (χ4v) is 3.99. The first-order valence-corrected chi connectivity index (χ1v) is 10.9. The largest absolute Gasteiger partial charge is 0.493 e. The third kappa shape index (κ3) is 5.96. The summed E-state index contributed by atoms with van der Waals surface area (Å²) in [6, 6.07) is 9.01. The molecular weight excluding hydrogens is 463 g/mol. The molecule has 0 saturated carbocycles. The third-order valence-electron chi connectivity index (χ3n) is 4.79. The zero-order chi connectivity index (χ0) is 24.7. The summed E-state index contributed by atoms with van der Waals surface area (Å²) in [7, 11) is 4.46. The van der Waals surface area contributed by atoms with Crippen LogP contribution in [0.4, 0.5) is 9.18 Å². The molecule has 0 bridgehead atoms. The van der Waals surface area contributed by atoms with E-state index in [9.17, 15) is 18.8 Å². The van der Waals surface area contributed by atoms with Crippen molar-refractivity contribution >= 4 is 41.0 Å². The molecule has 1 fully saturated rings. The molecule has 0 aromatic heterocycles. The number of imide groups is 1. The van der Waals surface area contributed by atoms with E-state index in [0.29, 0.717) is 28.4 Å². The molecule has 3 amide bonds. The summed E-state index contributed by atoms with van der Waals surface area (Å²) in [5.74, 6) is 0.0363. The first-order valence-electron chi connectivity index (χ1n) is 10.1. The van der Waals surface area contributed by atoms with Crippen molar-refractivity contribution in [2.45, 2.75) is 0 Å². The van der Waals surface area contributed by atoms with Gasteiger partial charge in [0.25, 0.3) is 11.1 Å². The average Bonchev–Trinajstić information content (AvgIpc) is 3.10. The van der Waals surface area contributed by atoms with E-state index in [-0.39, 0.29) is 23.8 Å². The van der Waals surface area contributed by atoms with E-state index in [4.69, 9.17) is 14.2 Å². The Morgan fingerprint density at radius 3 is 2.26 bits per heavy atom. The van der Waals surface area contributed by atoms with Crippen molar-refractivity contribution in [1.29, 1.82) is 0 Å². The topological polar surface area (TPSA) is 94.2 Å². The van der Waals surface area contributed by atoms with E-state index in [1.807, 2.05) is 0 Å². The van der Waals surface area contributed by atoms with Gasteiger partial charge in [-0.15, -0.1) is 0 Å². The van der Waals surface area contributed by atoms with Crippen molar-refractivity contribution in [1.82, 2.24) is 10.2 Å². The second-order valence-electron chi connectivity index (χ2n) is 6.97. The Bertz CT molecular complexity index is 1120. The van der Waals surface area contributed by atoms with Crippen LogP contribution in [0.2, 0.25) is 0 Å². The number of rotatable bonds is 9. The number of carbonyl (C=O) groups excluding carboxylic acids is 3. The number of hydrogen-bond donors (Lipinski definition) is 1. The lowest BCUT2D eigenvalue weighted by Gasteiger charge is -2.13. The Labute approximate surface area is 200 Å². The van der Waals surface area contributed by atoms with Crippen LogP contribution in [0, 0.1) is 5.82 Å². The predicted octanol–water partition coefficient (Wildman–Crippen LogP) is 3.72. The molecule has 2 aromatic rings. The van der Waals surface area contributed by atoms with Gasteiger partial charge in [0.05, 0.1) is 26.2 Å². The molecule has 1 heterocycles. The summed E-state index contributed by atoms with van der Waals surface area (Å²) in [6.07, 6.45) is 4.40. The number of hydrogen-bond acceptors (Lipinski definition) is 7. The van der Waals surface area contributed by atoms with Crippen molar-refractivity contribution in [3.8, 4) is 17.2 Å². The standard InChI is InChI=1S/C24H23FN2O6S/c1-31-18-12-16(13-19(32-2)22(18)33-3)14-20-23(29)27(24(30)34-20)11-10-26-21(28)9-6-15-4-7-17(25)8-5-15/h4-9,12-14H,10-11H2,1-3H3,(H,26,28). The molecule has 0 atom stereocenters. The second-order valence-corrected chi connectivity index (χ2v) is 7.96. The molecule has 1 aliphatic heterocycles. The minimum absolute atomic E-state index is 0.0212. The lowest BCUT2D eigenvalue weighted by molar-refractivity contribution is -0.123. The monoisotopic (exact) mass is 486 g/mol. The number of carbonyl (C=O) groups is 3. The summed E-state index contributed by atoms with van der Waals surface area (Å²) in [5, 5.41) is 2.19. The van der Waals surface area contributed by atoms with Crippen molar-refractivity contribution in [3.05, 3.63) is 64.3 Å². The van der Waals surface area contributed by atoms with Gasteiger partial charge in [-0.3, -0.25) is 19.3 Å². The van der Waals surface area contributed by atoms with Gasteiger partial charge in [-0.1, -0.05) is 12.1 Å². The van der Waals surface area contributed by atoms with Gasteiger partial charge in [0.1, 0.15) is 5.82 Å². The van der Waals surface area contributed by atoms with E-state index < -0.39 is 17.1 Å². The SMILES string of the molecule is COc1cc(C=C2SC(=O)N(CCNC(=O)C=Cc3ccc(F)cc3)C2=O)cc(OC)c1OC. The van der Waals surface area contributed by atoms with E-state index in [1.165, 1.54) is 45.6 Å². The molecule has 0 aliphatic carbocycles. The van der Waals surface area contributed by atoms with Crippen molar-refractivity contribution < 1.29 is 33.0 Å². The highest BCUT2D eigenvalue weighted by atomic mass is 32.2. The number of benzene rings is 2. The molecule has 1 saturated heterocycles. The highest BCUT2D eigenvalue weighted by molar-refractivity contribution is 8.18. The van der Waals surface area contributed by atoms with Crippen molar-refractivity contribution in [3.63, 3.8) is 0 Å². The number of nitrogens with zero attached hydrogens (tertiary/aromatic N) is 1. The van der Waals surface area contributed by atoms with E-state index >= 15 is 0 Å². The van der Waals surface area contributed by atoms with Crippen LogP contribution in [0.5, 0.6) is 17.2 Å². The number of ether oxygens (including phenoxy) is 3. The van der Waals surface area contributed by atoms with Crippen LogP contribution in [-0.2, 0) is 9.59 Å². The van der Waals surface area contributed by atoms with Crippen LogP contribution in [0.3, 0.4) is 0 Å². The molecule has 1 N–H and O–H groups in total. The van der Waals surface area contributed by atoms with Gasteiger partial charge in [-0.25, -0.2) is 4.39 Å². The minimum Gasteiger partial charge on any atom is -0.493 e. The molecule has 0 radical (unpaired) electrons. The highest BCUT2D eigenvalue weighted by Crippen LogP contribution is 2.40. The van der Waals surface area contributed by atoms with Crippen molar-refractivity contribution in [2.75, 3.05) is 34.4 Å². The lowest BCUT2D eigenvalue weighted by Crippen LogP contribution is -2.36. The number of halogens is 1. The smallest absolute Gasteiger partial charge is 0.293 e. The fraction of sp³-hybridized carbons (Fsp3) is 0.208. The number of thioether (sulfide) groups is 1. The molecule has 10 heteroatoms. The second kappa shape index (κ2) is 11.4. The van der Waals surface area contributed by atoms with Crippen LogP contribution < -0.4 is 19.5 Å². The Kier molecular flexibility index (Phi) is 8.31. The zero-order valence-corrected chi connectivity index (χ0v) is 19.6. The molecule has 34 heavy (non-hydrogen) atoms. The normalized spacial score (nSPS) is 14.7. The molecule has 1 aliphatic rings. The maximum atomic E-state index is 12.9. The summed E-state index contributed by atoms with van der Waals surface area (Å²) < 4.78 is 28.8. The van der Waals surface area contributed by atoms with Crippen LogP contribution in [0.15, 0.2) is 47.4 Å². The van der Waals surface area contributed by atoms with E-state index in [2.05, 4.69) is 5.32 Å². The van der Waals surface area contributed by atoms with Crippen molar-refractivity contribution in [2.24, 2.45) is 0 Å². The molecule has 8 nitrogen and oxygen atoms in total. The van der Waals surface area contributed by atoms with Gasteiger partial charge in [-0.05, 0) is 59.3 Å². The first kappa shape index (κ1) is 24.8. The van der Waals surface area contributed by atoms with Gasteiger partial charge >= 0.3 is 0 Å². The molecule has 2 aromatic carbocycles. The predicted molar refractivity (Wildman–Crippen MR) is 127 cm³/mol.